The van der Waals surface area contributed by atoms with Crippen LogP contribution in [0.25, 0.3) is 0 Å². The van der Waals surface area contributed by atoms with Gasteiger partial charge in [-0.25, -0.2) is 0 Å². The topological polar surface area (TPSA) is 44.7 Å². The third-order valence-electron chi connectivity index (χ3n) is 4.41. The Labute approximate surface area is 111 Å². The molecule has 2 N–H and O–H groups in total. The van der Waals surface area contributed by atoms with Gasteiger partial charge in [-0.1, -0.05) is 6.92 Å². The Hall–Kier alpha value is -0.160. The van der Waals surface area contributed by atoms with Crippen LogP contribution in [0.4, 0.5) is 0 Å². The highest BCUT2D eigenvalue weighted by atomic mass is 16.5. The Kier molecular flexibility index (Phi) is 5.42. The van der Waals surface area contributed by atoms with E-state index >= 15 is 0 Å². The SMILES string of the molecule is CCN1CCCC(NCC2(O)CCOCC2)CC1. The first-order valence-electron chi connectivity index (χ1n) is 7.48. The van der Waals surface area contributed by atoms with E-state index in [9.17, 15) is 5.11 Å². The first kappa shape index (κ1) is 14.3. The van der Waals surface area contributed by atoms with Crippen molar-refractivity contribution in [1.82, 2.24) is 10.2 Å². The van der Waals surface area contributed by atoms with Gasteiger partial charge in [0, 0.05) is 38.6 Å². The van der Waals surface area contributed by atoms with Crippen LogP contribution in [0.5, 0.6) is 0 Å². The lowest BCUT2D eigenvalue weighted by Crippen LogP contribution is -2.48. The Morgan fingerprint density at radius 3 is 2.78 bits per heavy atom. The lowest BCUT2D eigenvalue weighted by Gasteiger charge is -2.33. The number of hydrogen-bond acceptors (Lipinski definition) is 4. The first-order valence-corrected chi connectivity index (χ1v) is 7.48. The van der Waals surface area contributed by atoms with E-state index in [1.165, 1.54) is 32.4 Å². The van der Waals surface area contributed by atoms with Crippen LogP contribution in [0.3, 0.4) is 0 Å². The highest BCUT2D eigenvalue weighted by Gasteiger charge is 2.30. The van der Waals surface area contributed by atoms with Crippen LogP contribution in [0, 0.1) is 0 Å². The van der Waals surface area contributed by atoms with Crippen molar-refractivity contribution in [3.05, 3.63) is 0 Å². The molecule has 2 saturated heterocycles. The zero-order valence-corrected chi connectivity index (χ0v) is 11.7. The average molecular weight is 256 g/mol. The average Bonchev–Trinajstić information content (AvgIpc) is 2.62. The zero-order chi connectivity index (χ0) is 12.8. The summed E-state index contributed by atoms with van der Waals surface area (Å²) in [6.45, 7) is 7.95. The molecule has 2 aliphatic heterocycles. The molecule has 0 spiro atoms. The molecule has 0 saturated carbocycles. The van der Waals surface area contributed by atoms with Gasteiger partial charge in [-0.05, 0) is 38.9 Å². The minimum atomic E-state index is -0.533. The maximum absolute atomic E-state index is 10.4. The highest BCUT2D eigenvalue weighted by Crippen LogP contribution is 2.20. The molecule has 2 fully saturated rings. The molecule has 4 nitrogen and oxygen atoms in total. The fourth-order valence-electron chi connectivity index (χ4n) is 2.94. The molecule has 0 aliphatic carbocycles. The van der Waals surface area contributed by atoms with Gasteiger partial charge in [-0.15, -0.1) is 0 Å². The van der Waals surface area contributed by atoms with E-state index < -0.39 is 5.60 Å². The van der Waals surface area contributed by atoms with Crippen LogP contribution in [0.15, 0.2) is 0 Å². The molecule has 1 unspecified atom stereocenters. The van der Waals surface area contributed by atoms with Crippen molar-refractivity contribution in [2.75, 3.05) is 39.4 Å². The standard InChI is InChI=1S/C14H28N2O2/c1-2-16-8-3-4-13(5-9-16)15-12-14(17)6-10-18-11-7-14/h13,15,17H,2-12H2,1H3. The number of rotatable bonds is 4. The van der Waals surface area contributed by atoms with E-state index in [1.54, 1.807) is 0 Å². The molecule has 4 heteroatoms. The minimum absolute atomic E-state index is 0.533. The lowest BCUT2D eigenvalue weighted by atomic mass is 9.93. The summed E-state index contributed by atoms with van der Waals surface area (Å²) in [5.41, 5.74) is -0.533. The maximum Gasteiger partial charge on any atom is 0.0815 e. The second kappa shape index (κ2) is 6.85. The number of likely N-dealkylation sites (tertiary alicyclic amines) is 1. The predicted molar refractivity (Wildman–Crippen MR) is 72.8 cm³/mol. The van der Waals surface area contributed by atoms with Gasteiger partial charge in [0.25, 0.3) is 0 Å². The van der Waals surface area contributed by atoms with Gasteiger partial charge in [0.05, 0.1) is 5.60 Å². The molecule has 0 aromatic heterocycles. The second-order valence-electron chi connectivity index (χ2n) is 5.78. The normalized spacial score (nSPS) is 30.0. The number of ether oxygens (including phenoxy) is 1. The summed E-state index contributed by atoms with van der Waals surface area (Å²) in [7, 11) is 0. The van der Waals surface area contributed by atoms with Crippen LogP contribution in [0.2, 0.25) is 0 Å². The molecule has 0 radical (unpaired) electrons. The van der Waals surface area contributed by atoms with E-state index in [2.05, 4.69) is 17.1 Å². The quantitative estimate of drug-likeness (QED) is 0.787. The monoisotopic (exact) mass is 256 g/mol. The third-order valence-corrected chi connectivity index (χ3v) is 4.41. The smallest absolute Gasteiger partial charge is 0.0815 e. The molecule has 18 heavy (non-hydrogen) atoms. The first-order chi connectivity index (χ1) is 8.72. The Bertz CT molecular complexity index is 242. The second-order valence-corrected chi connectivity index (χ2v) is 5.78. The van der Waals surface area contributed by atoms with Gasteiger partial charge < -0.3 is 20.1 Å². The summed E-state index contributed by atoms with van der Waals surface area (Å²) in [6, 6.07) is 0.577. The molecule has 106 valence electrons. The number of nitrogens with zero attached hydrogens (tertiary/aromatic N) is 1. The zero-order valence-electron chi connectivity index (χ0n) is 11.7. The van der Waals surface area contributed by atoms with Gasteiger partial charge >= 0.3 is 0 Å². The number of nitrogens with one attached hydrogen (secondary N) is 1. The Morgan fingerprint density at radius 1 is 1.28 bits per heavy atom. The summed E-state index contributed by atoms with van der Waals surface area (Å²) in [5.74, 6) is 0. The van der Waals surface area contributed by atoms with Crippen molar-refractivity contribution < 1.29 is 9.84 Å². The summed E-state index contributed by atoms with van der Waals surface area (Å²) >= 11 is 0. The molecule has 0 aromatic carbocycles. The molecule has 0 bridgehead atoms. The van der Waals surface area contributed by atoms with Gasteiger partial charge in [-0.3, -0.25) is 0 Å². The van der Waals surface area contributed by atoms with Gasteiger partial charge in [0.1, 0.15) is 0 Å². The molecule has 0 amide bonds. The van der Waals surface area contributed by atoms with Gasteiger partial charge in [0.15, 0.2) is 0 Å². The van der Waals surface area contributed by atoms with E-state index in [0.29, 0.717) is 19.3 Å². The van der Waals surface area contributed by atoms with E-state index in [0.717, 1.165) is 25.9 Å². The fourth-order valence-corrected chi connectivity index (χ4v) is 2.94. The summed E-state index contributed by atoms with van der Waals surface area (Å²) in [4.78, 5) is 2.52. The summed E-state index contributed by atoms with van der Waals surface area (Å²) < 4.78 is 5.31. The van der Waals surface area contributed by atoms with E-state index in [4.69, 9.17) is 4.74 Å². The molecular weight excluding hydrogens is 228 g/mol. The van der Waals surface area contributed by atoms with Gasteiger partial charge in [0.2, 0.25) is 0 Å². The van der Waals surface area contributed by atoms with Crippen LogP contribution in [0.1, 0.15) is 39.0 Å². The number of hydrogen-bond donors (Lipinski definition) is 2. The van der Waals surface area contributed by atoms with Crippen LogP contribution >= 0.6 is 0 Å². The number of aliphatic hydroxyl groups is 1. The van der Waals surface area contributed by atoms with Crippen molar-refractivity contribution in [2.24, 2.45) is 0 Å². The molecule has 0 aromatic rings. The largest absolute Gasteiger partial charge is 0.388 e. The molecule has 2 heterocycles. The predicted octanol–water partition coefficient (Wildman–Crippen LogP) is 0.992. The fraction of sp³-hybridized carbons (Fsp3) is 1.00. The van der Waals surface area contributed by atoms with Crippen molar-refractivity contribution in [2.45, 2.75) is 50.7 Å². The van der Waals surface area contributed by atoms with E-state index in [1.807, 2.05) is 0 Å². The van der Waals surface area contributed by atoms with E-state index in [-0.39, 0.29) is 0 Å². The minimum Gasteiger partial charge on any atom is -0.388 e. The lowest BCUT2D eigenvalue weighted by molar-refractivity contribution is -0.0629. The molecule has 2 rings (SSSR count). The summed E-state index contributed by atoms with van der Waals surface area (Å²) in [6.07, 6.45) is 5.26. The molecular formula is C14H28N2O2. The molecule has 2 aliphatic rings. The van der Waals surface area contributed by atoms with Crippen molar-refractivity contribution >= 4 is 0 Å². The maximum atomic E-state index is 10.4. The van der Waals surface area contributed by atoms with Gasteiger partial charge in [-0.2, -0.15) is 0 Å². The summed E-state index contributed by atoms with van der Waals surface area (Å²) in [5, 5.41) is 14.0. The third kappa shape index (κ3) is 4.19. The van der Waals surface area contributed by atoms with Crippen molar-refractivity contribution in [1.29, 1.82) is 0 Å². The van der Waals surface area contributed by atoms with Crippen molar-refractivity contribution in [3.63, 3.8) is 0 Å². The highest BCUT2D eigenvalue weighted by molar-refractivity contribution is 4.86. The molecule has 1 atom stereocenters. The van der Waals surface area contributed by atoms with Crippen LogP contribution < -0.4 is 5.32 Å². The Balaban J connectivity index is 1.72. The van der Waals surface area contributed by atoms with Crippen molar-refractivity contribution in [3.8, 4) is 0 Å². The van der Waals surface area contributed by atoms with Crippen LogP contribution in [-0.2, 0) is 4.74 Å². The Morgan fingerprint density at radius 2 is 2.06 bits per heavy atom. The van der Waals surface area contributed by atoms with Crippen LogP contribution in [-0.4, -0.2) is 61.0 Å².